The molecule has 3 rings (SSSR count). The number of fused-ring (bicyclic) bond motifs is 1. The van der Waals surface area contributed by atoms with E-state index < -0.39 is 4.92 Å². The molecule has 1 atom stereocenters. The Hall–Kier alpha value is -2.25. The summed E-state index contributed by atoms with van der Waals surface area (Å²) in [4.78, 5) is 26.5. The molecule has 120 valence electrons. The van der Waals surface area contributed by atoms with Crippen LogP contribution in [0.5, 0.6) is 0 Å². The number of anilines is 1. The van der Waals surface area contributed by atoms with Crippen molar-refractivity contribution in [3.63, 3.8) is 0 Å². The number of carbonyl (C=O) groups is 1. The van der Waals surface area contributed by atoms with Crippen LogP contribution in [0.25, 0.3) is 0 Å². The van der Waals surface area contributed by atoms with Gasteiger partial charge in [0.1, 0.15) is 5.69 Å². The molecule has 1 amide bonds. The van der Waals surface area contributed by atoms with Gasteiger partial charge in [-0.15, -0.1) is 11.3 Å². The Balaban J connectivity index is 1.70. The summed E-state index contributed by atoms with van der Waals surface area (Å²) in [6.45, 7) is 3.39. The summed E-state index contributed by atoms with van der Waals surface area (Å²) >= 11 is 1.75. The topological polar surface area (TPSA) is 75.5 Å². The van der Waals surface area contributed by atoms with Gasteiger partial charge in [0, 0.05) is 24.0 Å². The predicted octanol–water partition coefficient (Wildman–Crippen LogP) is 3.04. The molecule has 1 aromatic heterocycles. The average Bonchev–Trinajstić information content (AvgIpc) is 3.01. The van der Waals surface area contributed by atoms with Gasteiger partial charge in [0.25, 0.3) is 5.69 Å². The molecule has 0 radical (unpaired) electrons. The van der Waals surface area contributed by atoms with Gasteiger partial charge in [-0.05, 0) is 36.4 Å². The minimum Gasteiger partial charge on any atom is -0.319 e. The number of nitrogens with zero attached hydrogens (tertiary/aromatic N) is 2. The zero-order chi connectivity index (χ0) is 16.4. The summed E-state index contributed by atoms with van der Waals surface area (Å²) in [6.07, 6.45) is 0.941. The minimum absolute atomic E-state index is 0.0909. The Morgan fingerprint density at radius 2 is 2.17 bits per heavy atom. The molecule has 0 aliphatic carbocycles. The maximum Gasteiger partial charge on any atom is 0.292 e. The SMILES string of the molecule is C[C@@H](C(=O)Nc1ccccc1[N+](=O)[O-])N1CCc2sccc2C1. The second-order valence-corrected chi connectivity index (χ2v) is 6.53. The van der Waals surface area contributed by atoms with Gasteiger partial charge in [-0.2, -0.15) is 0 Å². The average molecular weight is 331 g/mol. The number of nitro groups is 1. The molecule has 2 heterocycles. The van der Waals surface area contributed by atoms with Gasteiger partial charge in [0.05, 0.1) is 11.0 Å². The van der Waals surface area contributed by atoms with Crippen LogP contribution in [0.1, 0.15) is 17.4 Å². The van der Waals surface area contributed by atoms with Gasteiger partial charge < -0.3 is 5.32 Å². The highest BCUT2D eigenvalue weighted by atomic mass is 32.1. The smallest absolute Gasteiger partial charge is 0.292 e. The quantitative estimate of drug-likeness (QED) is 0.690. The van der Waals surface area contributed by atoms with Crippen molar-refractivity contribution in [2.75, 3.05) is 11.9 Å². The summed E-state index contributed by atoms with van der Waals surface area (Å²) in [6, 6.07) is 7.95. The van der Waals surface area contributed by atoms with Crippen LogP contribution < -0.4 is 5.32 Å². The van der Waals surface area contributed by atoms with Gasteiger partial charge >= 0.3 is 0 Å². The molecular weight excluding hydrogens is 314 g/mol. The fourth-order valence-corrected chi connectivity index (χ4v) is 3.63. The number of hydrogen-bond acceptors (Lipinski definition) is 5. The van der Waals surface area contributed by atoms with E-state index in [9.17, 15) is 14.9 Å². The van der Waals surface area contributed by atoms with Crippen molar-refractivity contribution in [1.29, 1.82) is 0 Å². The number of nitro benzene ring substituents is 1. The lowest BCUT2D eigenvalue weighted by atomic mass is 10.1. The van der Waals surface area contributed by atoms with E-state index in [1.54, 1.807) is 29.5 Å². The van der Waals surface area contributed by atoms with Gasteiger partial charge in [-0.1, -0.05) is 12.1 Å². The zero-order valence-electron chi connectivity index (χ0n) is 12.7. The molecule has 1 aromatic carbocycles. The highest BCUT2D eigenvalue weighted by molar-refractivity contribution is 7.10. The molecule has 6 nitrogen and oxygen atoms in total. The second kappa shape index (κ2) is 6.47. The first-order valence-corrected chi connectivity index (χ1v) is 8.28. The zero-order valence-corrected chi connectivity index (χ0v) is 13.5. The maximum absolute atomic E-state index is 12.5. The van der Waals surface area contributed by atoms with Crippen LogP contribution in [0.3, 0.4) is 0 Å². The van der Waals surface area contributed by atoms with Crippen LogP contribution in [0.2, 0.25) is 0 Å². The van der Waals surface area contributed by atoms with Crippen molar-refractivity contribution in [3.8, 4) is 0 Å². The van der Waals surface area contributed by atoms with E-state index in [0.29, 0.717) is 0 Å². The van der Waals surface area contributed by atoms with Gasteiger partial charge in [-0.25, -0.2) is 0 Å². The Kier molecular flexibility index (Phi) is 4.40. The van der Waals surface area contributed by atoms with E-state index in [1.807, 2.05) is 6.92 Å². The molecule has 2 aromatic rings. The summed E-state index contributed by atoms with van der Waals surface area (Å²) in [5, 5.41) is 15.8. The summed E-state index contributed by atoms with van der Waals surface area (Å²) in [5.74, 6) is -0.224. The standard InChI is InChI=1S/C16H17N3O3S/c1-11(18-8-6-15-12(10-18)7-9-23-15)16(20)17-13-4-2-3-5-14(13)19(21)22/h2-5,7,9,11H,6,8,10H2,1H3,(H,17,20)/t11-/m0/s1. The molecule has 1 N–H and O–H groups in total. The highest BCUT2D eigenvalue weighted by Gasteiger charge is 2.27. The molecule has 1 aliphatic heterocycles. The van der Waals surface area contributed by atoms with E-state index >= 15 is 0 Å². The lowest BCUT2D eigenvalue weighted by molar-refractivity contribution is -0.383. The lowest BCUT2D eigenvalue weighted by Crippen LogP contribution is -2.44. The van der Waals surface area contributed by atoms with Gasteiger partial charge in [0.2, 0.25) is 5.91 Å². The molecule has 23 heavy (non-hydrogen) atoms. The van der Waals surface area contributed by atoms with Crippen LogP contribution in [0.15, 0.2) is 35.7 Å². The summed E-state index contributed by atoms with van der Waals surface area (Å²) in [5.41, 5.74) is 1.42. The van der Waals surface area contributed by atoms with Crippen molar-refractivity contribution in [2.24, 2.45) is 0 Å². The molecular formula is C16H17N3O3S. The molecule has 0 spiro atoms. The van der Waals surface area contributed by atoms with Gasteiger partial charge in [-0.3, -0.25) is 19.8 Å². The first-order chi connectivity index (χ1) is 11.1. The van der Waals surface area contributed by atoms with E-state index in [1.165, 1.54) is 16.5 Å². The summed E-state index contributed by atoms with van der Waals surface area (Å²) in [7, 11) is 0. The van der Waals surface area contributed by atoms with Crippen LogP contribution in [0, 0.1) is 10.1 Å². The highest BCUT2D eigenvalue weighted by Crippen LogP contribution is 2.27. The first-order valence-electron chi connectivity index (χ1n) is 7.40. The fourth-order valence-electron chi connectivity index (χ4n) is 2.74. The molecule has 0 fully saturated rings. The largest absolute Gasteiger partial charge is 0.319 e. The number of rotatable bonds is 4. The van der Waals surface area contributed by atoms with Crippen LogP contribution >= 0.6 is 11.3 Å². The van der Waals surface area contributed by atoms with Crippen molar-refractivity contribution in [3.05, 3.63) is 56.3 Å². The molecule has 1 aliphatic rings. The Morgan fingerprint density at radius 3 is 2.96 bits per heavy atom. The monoisotopic (exact) mass is 331 g/mol. The Bertz CT molecular complexity index is 744. The number of nitrogens with one attached hydrogen (secondary N) is 1. The maximum atomic E-state index is 12.5. The van der Waals surface area contributed by atoms with Crippen LogP contribution in [-0.4, -0.2) is 28.3 Å². The third-order valence-corrected chi connectivity index (χ3v) is 5.15. The van der Waals surface area contributed by atoms with E-state index in [0.717, 1.165) is 19.5 Å². The van der Waals surface area contributed by atoms with Gasteiger partial charge in [0.15, 0.2) is 0 Å². The minimum atomic E-state index is -0.487. The Labute approximate surface area is 137 Å². The molecule has 0 unspecified atom stereocenters. The molecule has 0 saturated heterocycles. The Morgan fingerprint density at radius 1 is 1.39 bits per heavy atom. The number of hydrogen-bond donors (Lipinski definition) is 1. The number of thiophene rings is 1. The van der Waals surface area contributed by atoms with E-state index in [2.05, 4.69) is 21.7 Å². The van der Waals surface area contributed by atoms with Crippen molar-refractivity contribution in [2.45, 2.75) is 25.9 Å². The third kappa shape index (κ3) is 3.25. The fraction of sp³-hybridized carbons (Fsp3) is 0.312. The van der Waals surface area contributed by atoms with E-state index in [4.69, 9.17) is 0 Å². The van der Waals surface area contributed by atoms with Crippen molar-refractivity contribution in [1.82, 2.24) is 4.90 Å². The van der Waals surface area contributed by atoms with Crippen molar-refractivity contribution >= 4 is 28.6 Å². The predicted molar refractivity (Wildman–Crippen MR) is 89.6 cm³/mol. The second-order valence-electron chi connectivity index (χ2n) is 5.53. The molecule has 7 heteroatoms. The molecule has 0 bridgehead atoms. The van der Waals surface area contributed by atoms with Crippen LogP contribution in [-0.2, 0) is 17.8 Å². The third-order valence-electron chi connectivity index (χ3n) is 4.12. The van der Waals surface area contributed by atoms with Crippen molar-refractivity contribution < 1.29 is 9.72 Å². The number of benzene rings is 1. The molecule has 0 saturated carbocycles. The normalized spacial score (nSPS) is 15.7. The number of carbonyl (C=O) groups excluding carboxylic acids is 1. The summed E-state index contributed by atoms with van der Waals surface area (Å²) < 4.78 is 0. The van der Waals surface area contributed by atoms with Crippen LogP contribution in [0.4, 0.5) is 11.4 Å². The number of para-hydroxylation sites is 2. The first kappa shape index (κ1) is 15.6. The number of amides is 1. The van der Waals surface area contributed by atoms with E-state index in [-0.39, 0.29) is 23.3 Å². The lowest BCUT2D eigenvalue weighted by Gasteiger charge is -2.31.